The van der Waals surface area contributed by atoms with Gasteiger partial charge in [0.15, 0.2) is 0 Å². The van der Waals surface area contributed by atoms with Crippen LogP contribution in [0.15, 0.2) is 18.2 Å². The highest BCUT2D eigenvalue weighted by molar-refractivity contribution is 5.85. The van der Waals surface area contributed by atoms with Crippen LogP contribution in [0, 0.1) is 5.41 Å². The largest absolute Gasteiger partial charge is 0.497 e. The molecule has 2 aliphatic rings. The lowest BCUT2D eigenvalue weighted by Crippen LogP contribution is -2.49. The predicted molar refractivity (Wildman–Crippen MR) is 88.8 cm³/mol. The number of nitrogens with two attached hydrogens (primary N) is 1. The molecule has 5 nitrogen and oxygen atoms in total. The molecule has 25 heavy (non-hydrogen) atoms. The molecule has 2 fully saturated rings. The molecule has 0 radical (unpaired) electrons. The van der Waals surface area contributed by atoms with Crippen LogP contribution in [0.25, 0.3) is 0 Å². The predicted octanol–water partition coefficient (Wildman–Crippen LogP) is 2.57. The molecule has 1 aliphatic heterocycles. The number of benzene rings is 1. The fraction of sp³-hybridized carbons (Fsp3) is 0.611. The second-order valence-electron chi connectivity index (χ2n) is 7.14. The van der Waals surface area contributed by atoms with Crippen LogP contribution in [-0.2, 0) is 11.3 Å². The highest BCUT2D eigenvalue weighted by Crippen LogP contribution is 2.50. The maximum Gasteiger partial charge on any atom is 0.250 e. The molecule has 1 aromatic carbocycles. The third-order valence-corrected chi connectivity index (χ3v) is 5.27. The summed E-state index contributed by atoms with van der Waals surface area (Å²) in [6.07, 6.45) is 0.0162. The van der Waals surface area contributed by atoms with Crippen molar-refractivity contribution >= 4 is 5.91 Å². The highest BCUT2D eigenvalue weighted by atomic mass is 19.3. The van der Waals surface area contributed by atoms with Gasteiger partial charge in [-0.15, -0.1) is 0 Å². The fourth-order valence-corrected chi connectivity index (χ4v) is 4.18. The lowest BCUT2D eigenvalue weighted by molar-refractivity contribution is -0.148. The number of likely N-dealkylation sites (tertiary alicyclic amines) is 1. The van der Waals surface area contributed by atoms with Crippen molar-refractivity contribution in [1.82, 2.24) is 4.90 Å². The van der Waals surface area contributed by atoms with E-state index >= 15 is 0 Å². The summed E-state index contributed by atoms with van der Waals surface area (Å²) in [5.74, 6) is -1.83. The molecular weight excluding hydrogens is 330 g/mol. The van der Waals surface area contributed by atoms with Crippen molar-refractivity contribution in [2.45, 2.75) is 44.2 Å². The first-order valence-corrected chi connectivity index (χ1v) is 8.42. The summed E-state index contributed by atoms with van der Waals surface area (Å²) in [7, 11) is 3.11. The molecule has 0 aromatic heterocycles. The normalized spacial score (nSPS) is 28.4. The number of halogens is 2. The summed E-state index contributed by atoms with van der Waals surface area (Å²) >= 11 is 0. The molecule has 2 N–H and O–H groups in total. The minimum absolute atomic E-state index is 0.222. The molecule has 1 saturated heterocycles. The van der Waals surface area contributed by atoms with Crippen molar-refractivity contribution in [1.29, 1.82) is 0 Å². The number of alkyl halides is 2. The SMILES string of the molecule is COc1ccc(CN2CC[C@]3(C[C@H](N)CC(F)(F)C3)C2=O)c(OC)c1. The van der Waals surface area contributed by atoms with Gasteiger partial charge in [0.2, 0.25) is 5.91 Å². The number of carbonyl (C=O) groups is 1. The average molecular weight is 354 g/mol. The van der Waals surface area contributed by atoms with E-state index in [4.69, 9.17) is 15.2 Å². The molecule has 3 rings (SSSR count). The van der Waals surface area contributed by atoms with E-state index in [1.165, 1.54) is 0 Å². The van der Waals surface area contributed by atoms with Crippen molar-refractivity contribution in [3.63, 3.8) is 0 Å². The molecular formula is C18H24F2N2O3. The van der Waals surface area contributed by atoms with Crippen molar-refractivity contribution in [3.05, 3.63) is 23.8 Å². The molecule has 1 heterocycles. The van der Waals surface area contributed by atoms with Crippen LogP contribution in [0.2, 0.25) is 0 Å². The van der Waals surface area contributed by atoms with Crippen LogP contribution < -0.4 is 15.2 Å². The smallest absolute Gasteiger partial charge is 0.250 e. The number of ether oxygens (including phenoxy) is 2. The first kappa shape index (κ1) is 17.9. The lowest BCUT2D eigenvalue weighted by Gasteiger charge is -2.39. The van der Waals surface area contributed by atoms with E-state index in [0.29, 0.717) is 37.4 Å². The summed E-state index contributed by atoms with van der Waals surface area (Å²) in [5.41, 5.74) is 5.61. The van der Waals surface area contributed by atoms with Gasteiger partial charge in [-0.3, -0.25) is 4.79 Å². The highest BCUT2D eigenvalue weighted by Gasteiger charge is 2.56. The summed E-state index contributed by atoms with van der Waals surface area (Å²) < 4.78 is 38.5. The van der Waals surface area contributed by atoms with E-state index in [-0.39, 0.29) is 12.3 Å². The van der Waals surface area contributed by atoms with Crippen LogP contribution in [0.3, 0.4) is 0 Å². The minimum Gasteiger partial charge on any atom is -0.497 e. The number of methoxy groups -OCH3 is 2. The summed E-state index contributed by atoms with van der Waals surface area (Å²) in [5, 5.41) is 0. The van der Waals surface area contributed by atoms with Gasteiger partial charge in [-0.25, -0.2) is 8.78 Å². The second kappa shape index (κ2) is 6.44. The monoisotopic (exact) mass is 354 g/mol. The first-order chi connectivity index (χ1) is 11.8. The zero-order chi connectivity index (χ0) is 18.2. The van der Waals surface area contributed by atoms with Gasteiger partial charge in [0.25, 0.3) is 5.92 Å². The Morgan fingerprint density at radius 2 is 2.04 bits per heavy atom. The van der Waals surface area contributed by atoms with Crippen LogP contribution in [0.4, 0.5) is 8.78 Å². The third kappa shape index (κ3) is 3.42. The molecule has 1 aliphatic carbocycles. The van der Waals surface area contributed by atoms with Gasteiger partial charge in [-0.2, -0.15) is 0 Å². The molecule has 2 atom stereocenters. The Bertz CT molecular complexity index is 668. The summed E-state index contributed by atoms with van der Waals surface area (Å²) in [6, 6.07) is 4.73. The molecule has 7 heteroatoms. The molecule has 138 valence electrons. The van der Waals surface area contributed by atoms with Gasteiger partial charge < -0.3 is 20.1 Å². The number of nitrogens with zero attached hydrogens (tertiary/aromatic N) is 1. The van der Waals surface area contributed by atoms with Gasteiger partial charge in [0.1, 0.15) is 11.5 Å². The Hall–Kier alpha value is -1.89. The van der Waals surface area contributed by atoms with E-state index in [9.17, 15) is 13.6 Å². The Morgan fingerprint density at radius 1 is 1.28 bits per heavy atom. The standard InChI is InChI=1S/C18H24F2N2O3/c1-24-14-4-3-12(15(7-14)25-2)10-22-6-5-17(16(22)23)8-13(21)9-18(19,20)11-17/h3-4,7,13H,5-6,8-11,21H2,1-2H3/t13-,17+/m0/s1. The zero-order valence-corrected chi connectivity index (χ0v) is 14.6. The number of carbonyl (C=O) groups excluding carboxylic acids is 1. The Balaban J connectivity index is 1.79. The van der Waals surface area contributed by atoms with Gasteiger partial charge >= 0.3 is 0 Å². The zero-order valence-electron chi connectivity index (χ0n) is 14.6. The quantitative estimate of drug-likeness (QED) is 0.903. The average Bonchev–Trinajstić information content (AvgIpc) is 2.82. The maximum absolute atomic E-state index is 14.0. The van der Waals surface area contributed by atoms with E-state index in [1.54, 1.807) is 31.3 Å². The van der Waals surface area contributed by atoms with Gasteiger partial charge in [0, 0.05) is 43.6 Å². The topological polar surface area (TPSA) is 64.8 Å². The summed E-state index contributed by atoms with van der Waals surface area (Å²) in [6.45, 7) is 0.783. The Labute approximate surface area is 146 Å². The van der Waals surface area contributed by atoms with Crippen molar-refractivity contribution < 1.29 is 23.0 Å². The number of rotatable bonds is 4. The molecule has 0 bridgehead atoms. The van der Waals surface area contributed by atoms with E-state index in [2.05, 4.69) is 0 Å². The van der Waals surface area contributed by atoms with Gasteiger partial charge in [0.05, 0.1) is 19.6 Å². The minimum atomic E-state index is -2.87. The second-order valence-corrected chi connectivity index (χ2v) is 7.14. The Morgan fingerprint density at radius 3 is 2.68 bits per heavy atom. The number of hydrogen-bond donors (Lipinski definition) is 1. The molecule has 1 saturated carbocycles. The molecule has 1 spiro atoms. The van der Waals surface area contributed by atoms with Crippen molar-refractivity contribution in [2.24, 2.45) is 11.1 Å². The van der Waals surface area contributed by atoms with Gasteiger partial charge in [-0.1, -0.05) is 0 Å². The summed E-state index contributed by atoms with van der Waals surface area (Å²) in [4.78, 5) is 14.6. The van der Waals surface area contributed by atoms with Crippen molar-refractivity contribution in [3.8, 4) is 11.5 Å². The Kier molecular flexibility index (Phi) is 4.62. The molecule has 0 unspecified atom stereocenters. The van der Waals surface area contributed by atoms with Crippen LogP contribution >= 0.6 is 0 Å². The van der Waals surface area contributed by atoms with E-state index in [0.717, 1.165) is 5.56 Å². The van der Waals surface area contributed by atoms with Crippen LogP contribution in [-0.4, -0.2) is 43.5 Å². The molecule has 1 aromatic rings. The number of hydrogen-bond acceptors (Lipinski definition) is 4. The first-order valence-electron chi connectivity index (χ1n) is 8.42. The fourth-order valence-electron chi connectivity index (χ4n) is 4.18. The van der Waals surface area contributed by atoms with E-state index < -0.39 is 23.8 Å². The number of amides is 1. The lowest BCUT2D eigenvalue weighted by atomic mass is 9.69. The third-order valence-electron chi connectivity index (χ3n) is 5.27. The van der Waals surface area contributed by atoms with Crippen LogP contribution in [0.5, 0.6) is 11.5 Å². The van der Waals surface area contributed by atoms with E-state index in [1.807, 2.05) is 6.07 Å². The maximum atomic E-state index is 14.0. The van der Waals surface area contributed by atoms with Gasteiger partial charge in [-0.05, 0) is 25.0 Å². The van der Waals surface area contributed by atoms with Crippen LogP contribution in [0.1, 0.15) is 31.2 Å². The van der Waals surface area contributed by atoms with Crippen molar-refractivity contribution in [2.75, 3.05) is 20.8 Å². The molecule has 1 amide bonds.